The molecule has 0 fully saturated rings. The first-order chi connectivity index (χ1) is 11.6. The predicted molar refractivity (Wildman–Crippen MR) is 97.0 cm³/mol. The molecule has 5 nitrogen and oxygen atoms in total. The molecule has 0 saturated carbocycles. The van der Waals surface area contributed by atoms with Crippen LogP contribution in [0.25, 0.3) is 22.0 Å². The van der Waals surface area contributed by atoms with Gasteiger partial charge >= 0.3 is 0 Å². The van der Waals surface area contributed by atoms with E-state index in [0.29, 0.717) is 28.2 Å². The zero-order valence-electron chi connectivity index (χ0n) is 13.2. The van der Waals surface area contributed by atoms with E-state index in [-0.39, 0.29) is 11.6 Å². The van der Waals surface area contributed by atoms with Crippen LogP contribution in [0.2, 0.25) is 5.02 Å². The maximum Gasteiger partial charge on any atom is 0.273 e. The van der Waals surface area contributed by atoms with Gasteiger partial charge in [0.15, 0.2) is 5.69 Å². The van der Waals surface area contributed by atoms with Crippen molar-refractivity contribution in [2.24, 2.45) is 0 Å². The van der Waals surface area contributed by atoms with Gasteiger partial charge in [0.05, 0.1) is 5.69 Å². The molecule has 0 aliphatic carbocycles. The van der Waals surface area contributed by atoms with Gasteiger partial charge in [-0.25, -0.2) is 0 Å². The second-order valence-electron chi connectivity index (χ2n) is 5.43. The molecule has 3 N–H and O–H groups in total. The number of benzene rings is 2. The average molecular weight is 341 g/mol. The molecule has 0 bridgehead atoms. The minimum Gasteiger partial charge on any atom is -0.396 e. The van der Waals surface area contributed by atoms with Crippen molar-refractivity contribution in [2.75, 3.05) is 12.3 Å². The second-order valence-corrected chi connectivity index (χ2v) is 5.87. The number of nitrogens with one attached hydrogen (secondary N) is 1. The van der Waals surface area contributed by atoms with Crippen molar-refractivity contribution in [2.45, 2.75) is 13.3 Å². The summed E-state index contributed by atoms with van der Waals surface area (Å²) in [6, 6.07) is 13.1. The van der Waals surface area contributed by atoms with Crippen LogP contribution < -0.4 is 11.1 Å². The molecule has 1 aromatic heterocycles. The average Bonchev–Trinajstić information content (AvgIpc) is 2.59. The second kappa shape index (κ2) is 6.84. The van der Waals surface area contributed by atoms with E-state index in [0.717, 1.165) is 17.5 Å². The Morgan fingerprint density at radius 2 is 2.00 bits per heavy atom. The first kappa shape index (κ1) is 16.2. The molecule has 0 atom stereocenters. The molecular formula is C18H17ClN4O. The highest BCUT2D eigenvalue weighted by molar-refractivity contribution is 6.30. The maximum absolute atomic E-state index is 12.2. The molecular weight excluding hydrogens is 324 g/mol. The monoisotopic (exact) mass is 340 g/mol. The van der Waals surface area contributed by atoms with Crippen molar-refractivity contribution in [3.8, 4) is 11.1 Å². The Morgan fingerprint density at radius 3 is 2.75 bits per heavy atom. The quantitative estimate of drug-likeness (QED) is 0.759. The third kappa shape index (κ3) is 3.03. The van der Waals surface area contributed by atoms with Crippen LogP contribution in [0.5, 0.6) is 0 Å². The van der Waals surface area contributed by atoms with Crippen molar-refractivity contribution in [1.29, 1.82) is 0 Å². The molecule has 0 unspecified atom stereocenters. The predicted octanol–water partition coefficient (Wildman–Crippen LogP) is 3.67. The number of amides is 1. The van der Waals surface area contributed by atoms with Crippen LogP contribution in [-0.4, -0.2) is 22.6 Å². The summed E-state index contributed by atoms with van der Waals surface area (Å²) in [7, 11) is 0. The molecule has 0 saturated heterocycles. The minimum absolute atomic E-state index is 0.152. The standard InChI is InChI=1S/C18H17ClN4O/c1-2-9-21-18(24)17-15(20)14-8-4-7-13(16(14)22-23-17)11-5-3-6-12(19)10-11/h3-8,10H,2,9H2,1H3,(H2,20,22)(H,21,24). The summed E-state index contributed by atoms with van der Waals surface area (Å²) >= 11 is 6.08. The molecule has 6 heteroatoms. The van der Waals surface area contributed by atoms with Gasteiger partial charge in [0.1, 0.15) is 5.52 Å². The molecule has 0 spiro atoms. The number of fused-ring (bicyclic) bond motifs is 1. The van der Waals surface area contributed by atoms with Gasteiger partial charge in [-0.3, -0.25) is 4.79 Å². The van der Waals surface area contributed by atoms with Crippen molar-refractivity contribution in [1.82, 2.24) is 15.5 Å². The highest BCUT2D eigenvalue weighted by Crippen LogP contribution is 2.31. The van der Waals surface area contributed by atoms with Crippen molar-refractivity contribution in [3.63, 3.8) is 0 Å². The van der Waals surface area contributed by atoms with Crippen LogP contribution in [0, 0.1) is 0 Å². The number of rotatable bonds is 4. The lowest BCUT2D eigenvalue weighted by Gasteiger charge is -2.10. The maximum atomic E-state index is 12.2. The summed E-state index contributed by atoms with van der Waals surface area (Å²) in [5, 5.41) is 12.4. The van der Waals surface area contributed by atoms with Crippen LogP contribution in [0.3, 0.4) is 0 Å². The van der Waals surface area contributed by atoms with Crippen molar-refractivity contribution < 1.29 is 4.79 Å². The highest BCUT2D eigenvalue weighted by atomic mass is 35.5. The van der Waals surface area contributed by atoms with E-state index in [1.807, 2.05) is 49.4 Å². The van der Waals surface area contributed by atoms with Gasteiger partial charge < -0.3 is 11.1 Å². The van der Waals surface area contributed by atoms with E-state index in [4.69, 9.17) is 17.3 Å². The van der Waals surface area contributed by atoms with Gasteiger partial charge in [-0.05, 0) is 24.1 Å². The Kier molecular flexibility index (Phi) is 4.62. The van der Waals surface area contributed by atoms with E-state index in [1.165, 1.54) is 0 Å². The number of hydrogen-bond acceptors (Lipinski definition) is 4. The summed E-state index contributed by atoms with van der Waals surface area (Å²) in [5.41, 5.74) is 9.10. The number of hydrogen-bond donors (Lipinski definition) is 2. The van der Waals surface area contributed by atoms with Crippen LogP contribution >= 0.6 is 11.6 Å². The Morgan fingerprint density at radius 1 is 1.21 bits per heavy atom. The van der Waals surface area contributed by atoms with E-state index >= 15 is 0 Å². The summed E-state index contributed by atoms with van der Waals surface area (Å²) < 4.78 is 0. The fraction of sp³-hybridized carbons (Fsp3) is 0.167. The van der Waals surface area contributed by atoms with E-state index in [9.17, 15) is 4.79 Å². The number of anilines is 1. The molecule has 1 amide bonds. The first-order valence-corrected chi connectivity index (χ1v) is 8.08. The van der Waals surface area contributed by atoms with Gasteiger partial charge in [0.2, 0.25) is 0 Å². The zero-order valence-corrected chi connectivity index (χ0v) is 14.0. The molecule has 2 aromatic carbocycles. The van der Waals surface area contributed by atoms with Crippen molar-refractivity contribution >= 4 is 34.1 Å². The smallest absolute Gasteiger partial charge is 0.273 e. The molecule has 1 heterocycles. The molecule has 24 heavy (non-hydrogen) atoms. The number of carbonyl (C=O) groups is 1. The minimum atomic E-state index is -0.308. The lowest BCUT2D eigenvalue weighted by molar-refractivity contribution is 0.0949. The topological polar surface area (TPSA) is 80.9 Å². The molecule has 3 rings (SSSR count). The number of nitrogens with two attached hydrogens (primary N) is 1. The van der Waals surface area contributed by atoms with Gasteiger partial charge in [-0.2, -0.15) is 0 Å². The summed E-state index contributed by atoms with van der Waals surface area (Å²) in [4.78, 5) is 12.2. The summed E-state index contributed by atoms with van der Waals surface area (Å²) in [5.74, 6) is -0.308. The highest BCUT2D eigenvalue weighted by Gasteiger charge is 2.16. The zero-order chi connectivity index (χ0) is 17.1. The number of halogens is 1. The van der Waals surface area contributed by atoms with Gasteiger partial charge in [-0.15, -0.1) is 10.2 Å². The van der Waals surface area contributed by atoms with E-state index in [2.05, 4.69) is 15.5 Å². The number of carbonyl (C=O) groups excluding carboxylic acids is 1. The van der Waals surface area contributed by atoms with Gasteiger partial charge in [0, 0.05) is 22.5 Å². The normalized spacial score (nSPS) is 10.8. The third-order valence-electron chi connectivity index (χ3n) is 3.72. The lowest BCUT2D eigenvalue weighted by Crippen LogP contribution is -2.26. The molecule has 0 aliphatic heterocycles. The largest absolute Gasteiger partial charge is 0.396 e. The number of aromatic nitrogens is 2. The Bertz CT molecular complexity index is 911. The van der Waals surface area contributed by atoms with Crippen LogP contribution in [0.4, 0.5) is 5.69 Å². The Hall–Kier alpha value is -2.66. The Balaban J connectivity index is 2.12. The fourth-order valence-electron chi connectivity index (χ4n) is 2.53. The van der Waals surface area contributed by atoms with Crippen LogP contribution in [-0.2, 0) is 0 Å². The molecule has 0 aliphatic rings. The first-order valence-electron chi connectivity index (χ1n) is 7.71. The summed E-state index contributed by atoms with van der Waals surface area (Å²) in [6.45, 7) is 2.55. The molecule has 0 radical (unpaired) electrons. The van der Waals surface area contributed by atoms with Gasteiger partial charge in [0.25, 0.3) is 5.91 Å². The van der Waals surface area contributed by atoms with E-state index in [1.54, 1.807) is 0 Å². The van der Waals surface area contributed by atoms with Gasteiger partial charge in [-0.1, -0.05) is 48.9 Å². The summed E-state index contributed by atoms with van der Waals surface area (Å²) in [6.07, 6.45) is 0.839. The van der Waals surface area contributed by atoms with E-state index < -0.39 is 0 Å². The molecule has 122 valence electrons. The lowest BCUT2D eigenvalue weighted by atomic mass is 10.0. The van der Waals surface area contributed by atoms with Crippen molar-refractivity contribution in [3.05, 3.63) is 53.2 Å². The third-order valence-corrected chi connectivity index (χ3v) is 3.95. The SMILES string of the molecule is CCCNC(=O)c1nnc2c(-c3cccc(Cl)c3)cccc2c1N. The van der Waals surface area contributed by atoms with Crippen LogP contribution in [0.1, 0.15) is 23.8 Å². The fourth-order valence-corrected chi connectivity index (χ4v) is 2.72. The number of nitrogens with zero attached hydrogens (tertiary/aromatic N) is 2. The van der Waals surface area contributed by atoms with Crippen LogP contribution in [0.15, 0.2) is 42.5 Å². The Labute approximate surface area is 144 Å². The molecule has 3 aromatic rings. The number of nitrogen functional groups attached to an aromatic ring is 1.